The van der Waals surface area contributed by atoms with Gasteiger partial charge < -0.3 is 14.2 Å². The van der Waals surface area contributed by atoms with E-state index in [-0.39, 0.29) is 11.8 Å². The molecule has 2 aromatic rings. The number of oxazole rings is 1. The van der Waals surface area contributed by atoms with E-state index < -0.39 is 5.76 Å². The third-order valence-electron chi connectivity index (χ3n) is 4.27. The summed E-state index contributed by atoms with van der Waals surface area (Å²) in [5.41, 5.74) is 1.43. The van der Waals surface area contributed by atoms with Gasteiger partial charge >= 0.3 is 5.76 Å². The predicted molar refractivity (Wildman–Crippen MR) is 88.8 cm³/mol. The van der Waals surface area contributed by atoms with E-state index in [0.29, 0.717) is 49.3 Å². The molecule has 1 saturated heterocycles. The number of benzene rings is 1. The van der Waals surface area contributed by atoms with E-state index in [0.717, 1.165) is 12.8 Å². The molecule has 0 aliphatic carbocycles. The molecule has 7 nitrogen and oxygen atoms in total. The summed E-state index contributed by atoms with van der Waals surface area (Å²) in [5.74, 6) is -0.484. The van der Waals surface area contributed by atoms with Crippen LogP contribution >= 0.6 is 0 Å². The Morgan fingerprint density at radius 1 is 1.17 bits per heavy atom. The smallest absolute Gasteiger partial charge is 0.408 e. The summed E-state index contributed by atoms with van der Waals surface area (Å²) in [6.45, 7) is 4.37. The molecule has 128 valence electrons. The van der Waals surface area contributed by atoms with Gasteiger partial charge in [-0.25, -0.2) is 4.79 Å². The van der Waals surface area contributed by atoms with Crippen molar-refractivity contribution in [2.45, 2.75) is 26.2 Å². The molecule has 3 rings (SSSR count). The minimum absolute atomic E-state index is 0.106. The van der Waals surface area contributed by atoms with Crippen molar-refractivity contribution in [3.8, 4) is 0 Å². The lowest BCUT2D eigenvalue weighted by atomic mass is 10.1. The van der Waals surface area contributed by atoms with Crippen molar-refractivity contribution < 1.29 is 14.0 Å². The van der Waals surface area contributed by atoms with Crippen LogP contribution in [0.1, 0.15) is 36.5 Å². The van der Waals surface area contributed by atoms with Gasteiger partial charge in [-0.2, -0.15) is 0 Å². The fourth-order valence-electron chi connectivity index (χ4n) is 3.00. The summed E-state index contributed by atoms with van der Waals surface area (Å²) >= 11 is 0. The van der Waals surface area contributed by atoms with Gasteiger partial charge in [0.1, 0.15) is 0 Å². The third-order valence-corrected chi connectivity index (χ3v) is 4.27. The lowest BCUT2D eigenvalue weighted by Crippen LogP contribution is -2.37. The number of fused-ring (bicyclic) bond motifs is 1. The second-order valence-corrected chi connectivity index (χ2v) is 6.00. The monoisotopic (exact) mass is 331 g/mol. The number of aromatic nitrogens is 1. The number of amides is 2. The molecule has 0 radical (unpaired) electrons. The standard InChI is InChI=1S/C17H21N3O4/c1-2-4-15(21)19-7-3-8-20(10-9-19)16(22)12-5-6-13-14(11-12)24-17(23)18-13/h5-6,11H,2-4,7-10H2,1H3,(H,18,23). The molecule has 1 aromatic heterocycles. The van der Waals surface area contributed by atoms with Crippen molar-refractivity contribution in [2.24, 2.45) is 0 Å². The molecule has 7 heteroatoms. The highest BCUT2D eigenvalue weighted by atomic mass is 16.4. The van der Waals surface area contributed by atoms with Crippen molar-refractivity contribution >= 4 is 22.9 Å². The maximum Gasteiger partial charge on any atom is 0.417 e. The highest BCUT2D eigenvalue weighted by Gasteiger charge is 2.22. The number of rotatable bonds is 3. The quantitative estimate of drug-likeness (QED) is 0.925. The van der Waals surface area contributed by atoms with Gasteiger partial charge in [-0.15, -0.1) is 0 Å². The van der Waals surface area contributed by atoms with Crippen molar-refractivity contribution in [3.63, 3.8) is 0 Å². The zero-order chi connectivity index (χ0) is 17.1. The number of nitrogens with one attached hydrogen (secondary N) is 1. The Morgan fingerprint density at radius 3 is 2.71 bits per heavy atom. The molecule has 2 amide bonds. The van der Waals surface area contributed by atoms with E-state index in [1.165, 1.54) is 0 Å². The minimum Gasteiger partial charge on any atom is -0.408 e. The lowest BCUT2D eigenvalue weighted by Gasteiger charge is -2.22. The van der Waals surface area contributed by atoms with E-state index in [9.17, 15) is 14.4 Å². The molecule has 1 fully saturated rings. The molecule has 1 N–H and O–H groups in total. The van der Waals surface area contributed by atoms with Crippen LogP contribution in [-0.2, 0) is 4.79 Å². The minimum atomic E-state index is -0.533. The Kier molecular flexibility index (Phi) is 4.69. The van der Waals surface area contributed by atoms with Gasteiger partial charge in [0, 0.05) is 38.2 Å². The topological polar surface area (TPSA) is 86.6 Å². The van der Waals surface area contributed by atoms with Gasteiger partial charge in [0.25, 0.3) is 5.91 Å². The van der Waals surface area contributed by atoms with Gasteiger partial charge in [-0.3, -0.25) is 14.6 Å². The highest BCUT2D eigenvalue weighted by Crippen LogP contribution is 2.15. The van der Waals surface area contributed by atoms with Gasteiger partial charge in [-0.1, -0.05) is 6.92 Å². The molecule has 1 aliphatic rings. The molecule has 0 bridgehead atoms. The molecule has 1 aromatic carbocycles. The first kappa shape index (κ1) is 16.3. The van der Waals surface area contributed by atoms with E-state index in [1.807, 2.05) is 11.8 Å². The fourth-order valence-corrected chi connectivity index (χ4v) is 3.00. The lowest BCUT2D eigenvalue weighted by molar-refractivity contribution is -0.131. The number of carbonyl (C=O) groups is 2. The summed E-state index contributed by atoms with van der Waals surface area (Å²) in [6, 6.07) is 4.93. The Labute approximate surface area is 139 Å². The summed E-state index contributed by atoms with van der Waals surface area (Å²) in [7, 11) is 0. The van der Waals surface area contributed by atoms with E-state index >= 15 is 0 Å². The second kappa shape index (κ2) is 6.90. The summed E-state index contributed by atoms with van der Waals surface area (Å²) in [6.07, 6.45) is 2.15. The van der Waals surface area contributed by atoms with Crippen molar-refractivity contribution in [1.29, 1.82) is 0 Å². The van der Waals surface area contributed by atoms with Gasteiger partial charge in [0.2, 0.25) is 5.91 Å². The molecule has 2 heterocycles. The van der Waals surface area contributed by atoms with Crippen molar-refractivity contribution in [1.82, 2.24) is 14.8 Å². The average molecular weight is 331 g/mol. The zero-order valence-corrected chi connectivity index (χ0v) is 13.7. The largest absolute Gasteiger partial charge is 0.417 e. The summed E-state index contributed by atoms with van der Waals surface area (Å²) in [4.78, 5) is 42.1. The molecular weight excluding hydrogens is 310 g/mol. The maximum atomic E-state index is 12.7. The SMILES string of the molecule is CCCC(=O)N1CCCN(C(=O)c2ccc3[nH]c(=O)oc3c2)CC1. The number of hydrogen-bond donors (Lipinski definition) is 1. The van der Waals surface area contributed by atoms with Crippen LogP contribution in [0.2, 0.25) is 0 Å². The number of carbonyl (C=O) groups excluding carboxylic acids is 2. The Balaban J connectivity index is 1.72. The molecule has 0 saturated carbocycles. The third kappa shape index (κ3) is 3.34. The normalized spacial score (nSPS) is 15.5. The van der Waals surface area contributed by atoms with Crippen LogP contribution in [0.15, 0.2) is 27.4 Å². The first-order valence-electron chi connectivity index (χ1n) is 8.28. The molecule has 24 heavy (non-hydrogen) atoms. The summed E-state index contributed by atoms with van der Waals surface area (Å²) in [5, 5.41) is 0. The fraction of sp³-hybridized carbons (Fsp3) is 0.471. The molecule has 1 aliphatic heterocycles. The van der Waals surface area contributed by atoms with Crippen molar-refractivity contribution in [3.05, 3.63) is 34.3 Å². The number of hydrogen-bond acceptors (Lipinski definition) is 4. The van der Waals surface area contributed by atoms with Crippen LogP contribution in [-0.4, -0.2) is 52.8 Å². The van der Waals surface area contributed by atoms with Gasteiger partial charge in [0.05, 0.1) is 5.52 Å². The molecule has 0 atom stereocenters. The first-order valence-corrected chi connectivity index (χ1v) is 8.28. The molecule has 0 unspecified atom stereocenters. The van der Waals surface area contributed by atoms with Gasteiger partial charge in [-0.05, 0) is 31.0 Å². The van der Waals surface area contributed by atoms with E-state index in [1.54, 1.807) is 23.1 Å². The van der Waals surface area contributed by atoms with Crippen LogP contribution in [0, 0.1) is 0 Å². The molecular formula is C17H21N3O4. The van der Waals surface area contributed by atoms with E-state index in [2.05, 4.69) is 4.98 Å². The number of H-pyrrole nitrogens is 1. The average Bonchev–Trinajstić information content (AvgIpc) is 2.78. The first-order chi connectivity index (χ1) is 11.6. The zero-order valence-electron chi connectivity index (χ0n) is 13.7. The van der Waals surface area contributed by atoms with Crippen LogP contribution in [0.4, 0.5) is 0 Å². The van der Waals surface area contributed by atoms with Crippen LogP contribution < -0.4 is 5.76 Å². The molecule has 0 spiro atoms. The Bertz CT molecular complexity index is 808. The Morgan fingerprint density at radius 2 is 1.92 bits per heavy atom. The van der Waals surface area contributed by atoms with Gasteiger partial charge in [0.15, 0.2) is 5.58 Å². The summed E-state index contributed by atoms with van der Waals surface area (Å²) < 4.78 is 5.01. The predicted octanol–water partition coefficient (Wildman–Crippen LogP) is 1.60. The number of aromatic amines is 1. The van der Waals surface area contributed by atoms with Crippen LogP contribution in [0.3, 0.4) is 0 Å². The Hall–Kier alpha value is -2.57. The maximum absolute atomic E-state index is 12.7. The second-order valence-electron chi connectivity index (χ2n) is 6.00. The number of nitrogens with zero attached hydrogens (tertiary/aromatic N) is 2. The van der Waals surface area contributed by atoms with Crippen LogP contribution in [0.5, 0.6) is 0 Å². The van der Waals surface area contributed by atoms with Crippen molar-refractivity contribution in [2.75, 3.05) is 26.2 Å². The van der Waals surface area contributed by atoms with E-state index in [4.69, 9.17) is 4.42 Å². The highest BCUT2D eigenvalue weighted by molar-refractivity contribution is 5.97. The van der Waals surface area contributed by atoms with Crippen LogP contribution in [0.25, 0.3) is 11.1 Å².